The second-order valence-corrected chi connectivity index (χ2v) is 6.07. The fourth-order valence-corrected chi connectivity index (χ4v) is 2.65. The lowest BCUT2D eigenvalue weighted by molar-refractivity contribution is -0.118. The average Bonchev–Trinajstić information content (AvgIpc) is 3.06. The van der Waals surface area contributed by atoms with Crippen molar-refractivity contribution in [2.24, 2.45) is 0 Å². The molecule has 1 fully saturated rings. The summed E-state index contributed by atoms with van der Waals surface area (Å²) in [6.07, 6.45) is 1.87. The third-order valence-corrected chi connectivity index (χ3v) is 4.02. The van der Waals surface area contributed by atoms with E-state index in [1.807, 2.05) is 42.1 Å². The Morgan fingerprint density at radius 3 is 2.92 bits per heavy atom. The quantitative estimate of drug-likeness (QED) is 0.825. The van der Waals surface area contributed by atoms with Crippen LogP contribution < -0.4 is 10.1 Å². The van der Waals surface area contributed by atoms with Gasteiger partial charge in [0, 0.05) is 31.9 Å². The number of rotatable bonds is 7. The van der Waals surface area contributed by atoms with Gasteiger partial charge in [-0.2, -0.15) is 5.10 Å². The zero-order chi connectivity index (χ0) is 17.5. The highest BCUT2D eigenvalue weighted by Gasteiger charge is 2.11. The number of carbonyl (C=O) groups excluding carboxylic acids is 1. The van der Waals surface area contributed by atoms with E-state index in [0.29, 0.717) is 11.6 Å². The molecule has 0 bridgehead atoms. The van der Waals surface area contributed by atoms with Crippen LogP contribution in [0.25, 0.3) is 0 Å². The molecule has 7 nitrogen and oxygen atoms in total. The first-order valence-electron chi connectivity index (χ1n) is 8.52. The topological polar surface area (TPSA) is 68.6 Å². The van der Waals surface area contributed by atoms with Crippen LogP contribution in [-0.2, 0) is 16.1 Å². The number of aryl methyl sites for hydroxylation is 1. The van der Waals surface area contributed by atoms with E-state index in [4.69, 9.17) is 9.47 Å². The van der Waals surface area contributed by atoms with E-state index < -0.39 is 0 Å². The Morgan fingerprint density at radius 2 is 2.12 bits per heavy atom. The Labute approximate surface area is 147 Å². The Balaban J connectivity index is 1.41. The molecule has 1 aromatic carbocycles. The average molecular weight is 344 g/mol. The Hall–Kier alpha value is -2.38. The SMILES string of the molecule is Cc1cccc(OCC(=O)Nc2ccn(CCN3CCOCC3)n2)c1. The van der Waals surface area contributed by atoms with Crippen LogP contribution >= 0.6 is 0 Å². The molecule has 7 heteroatoms. The van der Waals surface area contributed by atoms with Gasteiger partial charge in [-0.3, -0.25) is 14.4 Å². The summed E-state index contributed by atoms with van der Waals surface area (Å²) >= 11 is 0. The third-order valence-electron chi connectivity index (χ3n) is 4.02. The summed E-state index contributed by atoms with van der Waals surface area (Å²) in [6.45, 7) is 7.16. The van der Waals surface area contributed by atoms with Crippen LogP contribution in [0.2, 0.25) is 0 Å². The van der Waals surface area contributed by atoms with Crippen molar-refractivity contribution >= 4 is 11.7 Å². The van der Waals surface area contributed by atoms with Gasteiger partial charge in [-0.1, -0.05) is 12.1 Å². The lowest BCUT2D eigenvalue weighted by atomic mass is 10.2. The van der Waals surface area contributed by atoms with E-state index in [2.05, 4.69) is 15.3 Å². The molecular weight excluding hydrogens is 320 g/mol. The summed E-state index contributed by atoms with van der Waals surface area (Å²) in [7, 11) is 0. The summed E-state index contributed by atoms with van der Waals surface area (Å²) in [5.41, 5.74) is 1.09. The smallest absolute Gasteiger partial charge is 0.263 e. The van der Waals surface area contributed by atoms with Crippen molar-refractivity contribution in [3.63, 3.8) is 0 Å². The molecule has 1 N–H and O–H groups in total. The zero-order valence-electron chi connectivity index (χ0n) is 14.5. The van der Waals surface area contributed by atoms with E-state index in [1.165, 1.54) is 0 Å². The first kappa shape index (κ1) is 17.4. The molecule has 1 aromatic heterocycles. The Morgan fingerprint density at radius 1 is 1.28 bits per heavy atom. The molecule has 1 aliphatic heterocycles. The van der Waals surface area contributed by atoms with Gasteiger partial charge in [0.05, 0.1) is 19.8 Å². The van der Waals surface area contributed by atoms with E-state index >= 15 is 0 Å². The fourth-order valence-electron chi connectivity index (χ4n) is 2.65. The Bertz CT molecular complexity index is 695. The van der Waals surface area contributed by atoms with Crippen LogP contribution in [0.3, 0.4) is 0 Å². The number of carbonyl (C=O) groups is 1. The van der Waals surface area contributed by atoms with Crippen LogP contribution in [0, 0.1) is 6.92 Å². The van der Waals surface area contributed by atoms with Crippen LogP contribution in [0.15, 0.2) is 36.5 Å². The van der Waals surface area contributed by atoms with Crippen LogP contribution in [-0.4, -0.2) is 60.0 Å². The molecule has 134 valence electrons. The van der Waals surface area contributed by atoms with Gasteiger partial charge < -0.3 is 14.8 Å². The van der Waals surface area contributed by atoms with Crippen LogP contribution in [0.4, 0.5) is 5.82 Å². The highest BCUT2D eigenvalue weighted by atomic mass is 16.5. The molecule has 1 amide bonds. The van der Waals surface area contributed by atoms with Crippen molar-refractivity contribution in [1.82, 2.24) is 14.7 Å². The van der Waals surface area contributed by atoms with Crippen molar-refractivity contribution in [3.8, 4) is 5.75 Å². The van der Waals surface area contributed by atoms with Gasteiger partial charge in [0.25, 0.3) is 5.91 Å². The molecule has 0 atom stereocenters. The summed E-state index contributed by atoms with van der Waals surface area (Å²) in [6, 6.07) is 9.41. The largest absolute Gasteiger partial charge is 0.484 e. The molecule has 2 heterocycles. The molecule has 3 rings (SSSR count). The highest BCUT2D eigenvalue weighted by molar-refractivity contribution is 5.90. The van der Waals surface area contributed by atoms with Crippen LogP contribution in [0.5, 0.6) is 5.75 Å². The number of ether oxygens (including phenoxy) is 2. The molecule has 25 heavy (non-hydrogen) atoms. The molecule has 0 spiro atoms. The van der Waals surface area contributed by atoms with Crippen molar-refractivity contribution in [3.05, 3.63) is 42.1 Å². The minimum Gasteiger partial charge on any atom is -0.484 e. The van der Waals surface area contributed by atoms with Crippen LogP contribution in [0.1, 0.15) is 5.56 Å². The molecule has 1 saturated heterocycles. The zero-order valence-corrected chi connectivity index (χ0v) is 14.5. The third kappa shape index (κ3) is 5.58. The fraction of sp³-hybridized carbons (Fsp3) is 0.444. The van der Waals surface area contributed by atoms with Gasteiger partial charge in [0.15, 0.2) is 12.4 Å². The van der Waals surface area contributed by atoms with Crippen molar-refractivity contribution in [2.75, 3.05) is 44.8 Å². The number of amides is 1. The lowest BCUT2D eigenvalue weighted by Crippen LogP contribution is -2.38. The maximum absolute atomic E-state index is 12.0. The van der Waals surface area contributed by atoms with Gasteiger partial charge in [0.2, 0.25) is 0 Å². The number of hydrogen-bond acceptors (Lipinski definition) is 5. The Kier molecular flexibility index (Phi) is 6.03. The van der Waals surface area contributed by atoms with Crippen molar-refractivity contribution in [2.45, 2.75) is 13.5 Å². The molecule has 0 saturated carbocycles. The van der Waals surface area contributed by atoms with Gasteiger partial charge in [-0.05, 0) is 24.6 Å². The number of hydrogen-bond donors (Lipinski definition) is 1. The molecular formula is C18H24N4O3. The predicted molar refractivity (Wildman–Crippen MR) is 94.8 cm³/mol. The number of benzene rings is 1. The molecule has 0 unspecified atom stereocenters. The standard InChI is InChI=1S/C18H24N4O3/c1-15-3-2-4-16(13-15)25-14-18(23)19-17-5-6-22(20-17)8-7-21-9-11-24-12-10-21/h2-6,13H,7-12,14H2,1H3,(H,19,20,23). The van der Waals surface area contributed by atoms with Gasteiger partial charge in [-0.25, -0.2) is 0 Å². The number of anilines is 1. The van der Waals surface area contributed by atoms with Crippen molar-refractivity contribution < 1.29 is 14.3 Å². The monoisotopic (exact) mass is 344 g/mol. The van der Waals surface area contributed by atoms with Crippen molar-refractivity contribution in [1.29, 1.82) is 0 Å². The first-order valence-corrected chi connectivity index (χ1v) is 8.52. The second-order valence-electron chi connectivity index (χ2n) is 6.07. The molecule has 0 radical (unpaired) electrons. The molecule has 0 aliphatic carbocycles. The predicted octanol–water partition coefficient (Wildman–Crippen LogP) is 1.54. The van der Waals surface area contributed by atoms with Gasteiger partial charge in [-0.15, -0.1) is 0 Å². The molecule has 1 aliphatic rings. The number of nitrogens with zero attached hydrogens (tertiary/aromatic N) is 3. The number of nitrogens with one attached hydrogen (secondary N) is 1. The maximum atomic E-state index is 12.0. The summed E-state index contributed by atoms with van der Waals surface area (Å²) in [5.74, 6) is 1.01. The van der Waals surface area contributed by atoms with Gasteiger partial charge in [0.1, 0.15) is 5.75 Å². The minimum absolute atomic E-state index is 0.0376. The lowest BCUT2D eigenvalue weighted by Gasteiger charge is -2.26. The maximum Gasteiger partial charge on any atom is 0.263 e. The normalized spacial score (nSPS) is 15.1. The minimum atomic E-state index is -0.222. The first-order chi connectivity index (χ1) is 12.2. The highest BCUT2D eigenvalue weighted by Crippen LogP contribution is 2.12. The second kappa shape index (κ2) is 8.64. The van der Waals surface area contributed by atoms with E-state index in [9.17, 15) is 4.79 Å². The number of aromatic nitrogens is 2. The summed E-state index contributed by atoms with van der Waals surface area (Å²) in [4.78, 5) is 14.3. The van der Waals surface area contributed by atoms with Gasteiger partial charge >= 0.3 is 0 Å². The molecule has 2 aromatic rings. The number of morpholine rings is 1. The summed E-state index contributed by atoms with van der Waals surface area (Å²) < 4.78 is 12.7. The van der Waals surface area contributed by atoms with E-state index in [0.717, 1.165) is 45.0 Å². The van der Waals surface area contributed by atoms with E-state index in [-0.39, 0.29) is 12.5 Å². The summed E-state index contributed by atoms with van der Waals surface area (Å²) in [5, 5.41) is 7.13. The van der Waals surface area contributed by atoms with E-state index in [1.54, 1.807) is 6.07 Å².